The van der Waals surface area contributed by atoms with Crippen molar-refractivity contribution in [3.63, 3.8) is 0 Å². The van der Waals surface area contributed by atoms with Gasteiger partial charge in [-0.1, -0.05) is 66.7 Å². The van der Waals surface area contributed by atoms with E-state index in [1.165, 1.54) is 27.3 Å². The van der Waals surface area contributed by atoms with E-state index in [4.69, 9.17) is 0 Å². The van der Waals surface area contributed by atoms with Crippen LogP contribution in [0.15, 0.2) is 79.0 Å². The second kappa shape index (κ2) is 5.61. The van der Waals surface area contributed by atoms with Crippen LogP contribution < -0.4 is 0 Å². The molecule has 0 atom stereocenters. The summed E-state index contributed by atoms with van der Waals surface area (Å²) in [7, 11) is 0. The van der Waals surface area contributed by atoms with Gasteiger partial charge < -0.3 is 0 Å². The highest BCUT2D eigenvalue weighted by Crippen LogP contribution is 2.26. The lowest BCUT2D eigenvalue weighted by Gasteiger charge is -2.08. The summed E-state index contributed by atoms with van der Waals surface area (Å²) in [5.74, 6) is 0. The van der Waals surface area contributed by atoms with E-state index in [2.05, 4.69) is 77.8 Å². The van der Waals surface area contributed by atoms with Crippen LogP contribution in [0.4, 0.5) is 0 Å². The summed E-state index contributed by atoms with van der Waals surface area (Å²) >= 11 is 0. The molecule has 0 radical (unpaired) electrons. The zero-order valence-corrected chi connectivity index (χ0v) is 12.4. The minimum absolute atomic E-state index is 1.04. The molecule has 0 N–H and O–H groups in total. The Kier molecular flexibility index (Phi) is 3.32. The molecule has 0 amide bonds. The van der Waals surface area contributed by atoms with Gasteiger partial charge in [-0.2, -0.15) is 0 Å². The van der Waals surface area contributed by atoms with Gasteiger partial charge in [0, 0.05) is 17.0 Å². The lowest BCUT2D eigenvalue weighted by molar-refractivity contribution is 0.967. The topological polar surface area (TPSA) is 12.9 Å². The number of nitrogens with zero attached hydrogens (tertiary/aromatic N) is 1. The highest BCUT2D eigenvalue weighted by molar-refractivity contribution is 6.06. The van der Waals surface area contributed by atoms with Crippen molar-refractivity contribution in [3.8, 4) is 0 Å². The van der Waals surface area contributed by atoms with Crippen LogP contribution >= 0.6 is 0 Å². The zero-order valence-electron chi connectivity index (χ0n) is 12.4. The quantitative estimate of drug-likeness (QED) is 0.472. The molecule has 1 heterocycles. The first-order valence-corrected chi connectivity index (χ1v) is 7.71. The van der Waals surface area contributed by atoms with Crippen LogP contribution in [-0.2, 0) is 12.8 Å². The van der Waals surface area contributed by atoms with Gasteiger partial charge >= 0.3 is 0 Å². The highest BCUT2D eigenvalue weighted by Gasteiger charge is 2.06. The first-order chi connectivity index (χ1) is 10.9. The molecular formula is C21H17N. The van der Waals surface area contributed by atoms with Gasteiger partial charge in [0.25, 0.3) is 0 Å². The van der Waals surface area contributed by atoms with Gasteiger partial charge in [-0.25, -0.2) is 0 Å². The van der Waals surface area contributed by atoms with Crippen molar-refractivity contribution in [1.29, 1.82) is 0 Å². The van der Waals surface area contributed by atoms with Gasteiger partial charge in [0.2, 0.25) is 0 Å². The molecule has 0 saturated carbocycles. The van der Waals surface area contributed by atoms with E-state index < -0.39 is 0 Å². The Balaban J connectivity index is 1.76. The highest BCUT2D eigenvalue weighted by atomic mass is 14.6. The van der Waals surface area contributed by atoms with E-state index in [1.807, 2.05) is 6.20 Å². The standard InChI is InChI=1S/C21H17N/c1-2-6-16(7-3-1)10-11-18-14-15-22-21-19-9-5-4-8-17(19)12-13-20(18)21/h1-9,12-15H,10-11H2. The molecule has 3 aromatic carbocycles. The van der Waals surface area contributed by atoms with Crippen LogP contribution in [0.2, 0.25) is 0 Å². The Morgan fingerprint density at radius 1 is 0.636 bits per heavy atom. The third-order valence-corrected chi connectivity index (χ3v) is 4.25. The average Bonchev–Trinajstić information content (AvgIpc) is 2.60. The minimum Gasteiger partial charge on any atom is -0.256 e. The van der Waals surface area contributed by atoms with Crippen molar-refractivity contribution in [2.45, 2.75) is 12.8 Å². The summed E-state index contributed by atoms with van der Waals surface area (Å²) in [5.41, 5.74) is 3.87. The summed E-state index contributed by atoms with van der Waals surface area (Å²) in [4.78, 5) is 4.63. The first-order valence-electron chi connectivity index (χ1n) is 7.71. The normalized spacial score (nSPS) is 11.1. The van der Waals surface area contributed by atoms with Crippen molar-refractivity contribution < 1.29 is 0 Å². The number of pyridine rings is 1. The Labute approximate surface area is 130 Å². The average molecular weight is 283 g/mol. The fourth-order valence-electron chi connectivity index (χ4n) is 3.09. The second-order valence-corrected chi connectivity index (χ2v) is 5.64. The predicted molar refractivity (Wildman–Crippen MR) is 93.1 cm³/mol. The first kappa shape index (κ1) is 13.0. The fraction of sp³-hybridized carbons (Fsp3) is 0.0952. The van der Waals surface area contributed by atoms with Crippen LogP contribution in [0, 0.1) is 0 Å². The molecule has 0 unspecified atom stereocenters. The smallest absolute Gasteiger partial charge is 0.0783 e. The molecule has 0 bridgehead atoms. The maximum atomic E-state index is 4.63. The molecule has 0 fully saturated rings. The monoisotopic (exact) mass is 283 g/mol. The SMILES string of the molecule is c1ccc(CCc2ccnc3c2ccc2ccccc23)cc1. The number of aromatic nitrogens is 1. The predicted octanol–water partition coefficient (Wildman–Crippen LogP) is 5.17. The van der Waals surface area contributed by atoms with Gasteiger partial charge in [-0.3, -0.25) is 4.98 Å². The van der Waals surface area contributed by atoms with Gasteiger partial charge in [0.05, 0.1) is 5.52 Å². The number of aryl methyl sites for hydroxylation is 2. The molecule has 1 heteroatoms. The Morgan fingerprint density at radius 2 is 1.45 bits per heavy atom. The van der Waals surface area contributed by atoms with Crippen LogP contribution in [0.25, 0.3) is 21.7 Å². The van der Waals surface area contributed by atoms with Gasteiger partial charge in [0.15, 0.2) is 0 Å². The van der Waals surface area contributed by atoms with Crippen molar-refractivity contribution in [2.24, 2.45) is 0 Å². The summed E-state index contributed by atoms with van der Waals surface area (Å²) in [6.07, 6.45) is 4.04. The van der Waals surface area contributed by atoms with Gasteiger partial charge in [0.1, 0.15) is 0 Å². The molecule has 0 spiro atoms. The Hall–Kier alpha value is -2.67. The van der Waals surface area contributed by atoms with E-state index in [9.17, 15) is 0 Å². The second-order valence-electron chi connectivity index (χ2n) is 5.64. The molecule has 106 valence electrons. The molecule has 1 nitrogen and oxygen atoms in total. The van der Waals surface area contributed by atoms with Crippen molar-refractivity contribution in [3.05, 3.63) is 90.1 Å². The molecular weight excluding hydrogens is 266 g/mol. The Bertz CT molecular complexity index is 926. The largest absolute Gasteiger partial charge is 0.256 e. The van der Waals surface area contributed by atoms with Gasteiger partial charge in [-0.15, -0.1) is 0 Å². The van der Waals surface area contributed by atoms with Crippen LogP contribution in [-0.4, -0.2) is 4.98 Å². The maximum absolute atomic E-state index is 4.63. The number of fused-ring (bicyclic) bond motifs is 3. The van der Waals surface area contributed by atoms with E-state index >= 15 is 0 Å². The summed E-state index contributed by atoms with van der Waals surface area (Å²) in [5, 5.41) is 3.77. The van der Waals surface area contributed by atoms with E-state index in [-0.39, 0.29) is 0 Å². The van der Waals surface area contributed by atoms with Crippen LogP contribution in [0.3, 0.4) is 0 Å². The van der Waals surface area contributed by atoms with Gasteiger partial charge in [-0.05, 0) is 35.4 Å². The molecule has 1 aromatic heterocycles. The Morgan fingerprint density at radius 3 is 2.36 bits per heavy atom. The minimum atomic E-state index is 1.04. The zero-order chi connectivity index (χ0) is 14.8. The molecule has 0 aliphatic carbocycles. The molecule has 22 heavy (non-hydrogen) atoms. The summed E-state index contributed by atoms with van der Waals surface area (Å²) in [6.45, 7) is 0. The third-order valence-electron chi connectivity index (χ3n) is 4.25. The fourth-order valence-corrected chi connectivity index (χ4v) is 3.09. The van der Waals surface area contributed by atoms with Crippen molar-refractivity contribution >= 4 is 21.7 Å². The maximum Gasteiger partial charge on any atom is 0.0783 e. The molecule has 4 rings (SSSR count). The molecule has 0 aliphatic heterocycles. The number of benzene rings is 3. The molecule has 0 saturated heterocycles. The van der Waals surface area contributed by atoms with E-state index in [0.717, 1.165) is 18.4 Å². The lowest BCUT2D eigenvalue weighted by Crippen LogP contribution is -1.94. The summed E-state index contributed by atoms with van der Waals surface area (Å²) < 4.78 is 0. The molecule has 0 aliphatic rings. The van der Waals surface area contributed by atoms with E-state index in [0.29, 0.717) is 0 Å². The lowest BCUT2D eigenvalue weighted by atomic mass is 9.98. The number of hydrogen-bond donors (Lipinski definition) is 0. The number of hydrogen-bond acceptors (Lipinski definition) is 1. The van der Waals surface area contributed by atoms with Crippen molar-refractivity contribution in [2.75, 3.05) is 0 Å². The summed E-state index contributed by atoms with van der Waals surface area (Å²) in [6, 6.07) is 25.7. The van der Waals surface area contributed by atoms with Crippen LogP contribution in [0.1, 0.15) is 11.1 Å². The molecule has 4 aromatic rings. The third kappa shape index (κ3) is 2.35. The number of rotatable bonds is 3. The van der Waals surface area contributed by atoms with Crippen molar-refractivity contribution in [1.82, 2.24) is 4.98 Å². The van der Waals surface area contributed by atoms with E-state index in [1.54, 1.807) is 0 Å². The van der Waals surface area contributed by atoms with Crippen LogP contribution in [0.5, 0.6) is 0 Å².